The number of sulfonamides is 1. The van der Waals surface area contributed by atoms with Crippen LogP contribution in [0.5, 0.6) is 0 Å². The summed E-state index contributed by atoms with van der Waals surface area (Å²) in [6.45, 7) is 3.15. The van der Waals surface area contributed by atoms with E-state index >= 15 is 0 Å². The molecule has 2 heterocycles. The minimum Gasteiger partial charge on any atom is -0.339 e. The molecule has 9 heteroatoms. The molecule has 166 valence electrons. The second-order valence-corrected chi connectivity index (χ2v) is 10.1. The van der Waals surface area contributed by atoms with E-state index in [4.69, 9.17) is 5.73 Å². The van der Waals surface area contributed by atoms with Crippen LogP contribution in [0.2, 0.25) is 0 Å². The fraction of sp³-hybridized carbons (Fsp3) is 0.455. The quantitative estimate of drug-likeness (QED) is 0.716. The molecule has 31 heavy (non-hydrogen) atoms. The molecule has 2 aromatic carbocycles. The second kappa shape index (κ2) is 8.57. The highest BCUT2D eigenvalue weighted by atomic mass is 32.2. The van der Waals surface area contributed by atoms with Crippen LogP contribution in [0.25, 0.3) is 10.8 Å². The summed E-state index contributed by atoms with van der Waals surface area (Å²) in [4.78, 5) is 29.1. The monoisotopic (exact) mass is 444 g/mol. The largest absolute Gasteiger partial charge is 0.339 e. The Morgan fingerprint density at radius 2 is 1.87 bits per heavy atom. The van der Waals surface area contributed by atoms with Crippen LogP contribution in [0, 0.1) is 0 Å². The molecule has 0 aromatic heterocycles. The minimum absolute atomic E-state index is 0.0410. The molecule has 0 aliphatic carbocycles. The first-order valence-electron chi connectivity index (χ1n) is 10.6. The molecule has 2 fully saturated rings. The highest BCUT2D eigenvalue weighted by Gasteiger charge is 2.40. The molecule has 2 aliphatic heterocycles. The summed E-state index contributed by atoms with van der Waals surface area (Å²) in [6, 6.07) is 10.8. The normalized spacial score (nSPS) is 23.4. The Morgan fingerprint density at radius 3 is 2.61 bits per heavy atom. The first kappa shape index (κ1) is 21.7. The van der Waals surface area contributed by atoms with Gasteiger partial charge in [0.2, 0.25) is 21.8 Å². The lowest BCUT2D eigenvalue weighted by molar-refractivity contribution is -0.144. The second-order valence-electron chi connectivity index (χ2n) is 8.37. The van der Waals surface area contributed by atoms with E-state index in [-0.39, 0.29) is 22.8 Å². The van der Waals surface area contributed by atoms with Gasteiger partial charge in [-0.3, -0.25) is 9.59 Å². The summed E-state index contributed by atoms with van der Waals surface area (Å²) in [5, 5.41) is 1.75. The van der Waals surface area contributed by atoms with E-state index in [1.807, 2.05) is 24.3 Å². The van der Waals surface area contributed by atoms with Crippen LogP contribution in [-0.4, -0.2) is 67.8 Å². The van der Waals surface area contributed by atoms with Crippen molar-refractivity contribution in [3.8, 4) is 0 Å². The van der Waals surface area contributed by atoms with Gasteiger partial charge in [0.1, 0.15) is 12.1 Å². The Morgan fingerprint density at radius 1 is 1.13 bits per heavy atom. The molecule has 3 N–H and O–H groups in total. The number of amides is 2. The van der Waals surface area contributed by atoms with Gasteiger partial charge >= 0.3 is 0 Å². The molecule has 4 rings (SSSR count). The Kier molecular flexibility index (Phi) is 6.00. The van der Waals surface area contributed by atoms with Crippen LogP contribution in [-0.2, 0) is 19.6 Å². The van der Waals surface area contributed by atoms with Gasteiger partial charge in [-0.05, 0) is 49.1 Å². The Hall–Kier alpha value is -2.49. The molecule has 0 bridgehead atoms. The van der Waals surface area contributed by atoms with E-state index in [1.165, 1.54) is 11.0 Å². The average Bonchev–Trinajstić information content (AvgIpc) is 3.11. The van der Waals surface area contributed by atoms with E-state index in [2.05, 4.69) is 4.72 Å². The lowest BCUT2D eigenvalue weighted by Gasteiger charge is -2.35. The van der Waals surface area contributed by atoms with Crippen molar-refractivity contribution in [2.45, 2.75) is 49.2 Å². The predicted molar refractivity (Wildman–Crippen MR) is 118 cm³/mol. The highest BCUT2D eigenvalue weighted by Crippen LogP contribution is 2.22. The number of hydrogen-bond donors (Lipinski definition) is 2. The Labute approximate surface area is 182 Å². The van der Waals surface area contributed by atoms with Gasteiger partial charge in [-0.25, -0.2) is 8.42 Å². The van der Waals surface area contributed by atoms with Gasteiger partial charge in [-0.15, -0.1) is 0 Å². The molecule has 2 amide bonds. The molecule has 0 spiro atoms. The third-order valence-electron chi connectivity index (χ3n) is 6.16. The number of nitrogens with one attached hydrogen (secondary N) is 1. The number of rotatable bonds is 5. The smallest absolute Gasteiger partial charge is 0.245 e. The number of carbonyl (C=O) groups is 2. The SMILES string of the molecule is C[C@@H](C(=O)N1CCC[C@@H](N)C1)N1CC[C@H](NS(=O)(=O)c2ccc3ccccc3c2)C1=O. The topological polar surface area (TPSA) is 113 Å². The fourth-order valence-corrected chi connectivity index (χ4v) is 5.65. The van der Waals surface area contributed by atoms with Crippen LogP contribution in [0.4, 0.5) is 0 Å². The molecule has 2 saturated heterocycles. The Balaban J connectivity index is 1.45. The number of nitrogens with zero attached hydrogens (tertiary/aromatic N) is 2. The van der Waals surface area contributed by atoms with Crippen molar-refractivity contribution in [3.05, 3.63) is 42.5 Å². The van der Waals surface area contributed by atoms with Crippen LogP contribution in [0.15, 0.2) is 47.4 Å². The summed E-state index contributed by atoms with van der Waals surface area (Å²) in [5.41, 5.74) is 5.97. The molecule has 2 aromatic rings. The van der Waals surface area contributed by atoms with Crippen LogP contribution in [0.3, 0.4) is 0 Å². The zero-order chi connectivity index (χ0) is 22.2. The highest BCUT2D eigenvalue weighted by molar-refractivity contribution is 7.89. The maximum atomic E-state index is 12.9. The summed E-state index contributed by atoms with van der Waals surface area (Å²) in [6.07, 6.45) is 2.06. The molecular weight excluding hydrogens is 416 g/mol. The zero-order valence-electron chi connectivity index (χ0n) is 17.5. The van der Waals surface area contributed by atoms with Gasteiger partial charge in [0.15, 0.2) is 0 Å². The van der Waals surface area contributed by atoms with Crippen LogP contribution < -0.4 is 10.5 Å². The molecule has 0 saturated carbocycles. The van der Waals surface area contributed by atoms with Crippen molar-refractivity contribution in [1.29, 1.82) is 0 Å². The van der Waals surface area contributed by atoms with Gasteiger partial charge in [-0.2, -0.15) is 4.72 Å². The first-order chi connectivity index (χ1) is 14.8. The standard InChI is InChI=1S/C22H28N4O4S/c1-15(21(27)25-11-4-7-18(23)14-25)26-12-10-20(22(26)28)24-31(29,30)19-9-8-16-5-2-3-6-17(16)13-19/h2-3,5-6,8-9,13,15,18,20,24H,4,7,10-12,14,23H2,1H3/t15-,18+,20-/m0/s1. The molecule has 0 unspecified atom stereocenters. The predicted octanol–water partition coefficient (Wildman–Crippen LogP) is 1.06. The van der Waals surface area contributed by atoms with Gasteiger partial charge in [0.05, 0.1) is 4.90 Å². The van der Waals surface area contributed by atoms with Crippen molar-refractivity contribution in [2.75, 3.05) is 19.6 Å². The van der Waals surface area contributed by atoms with Crippen molar-refractivity contribution in [3.63, 3.8) is 0 Å². The maximum absolute atomic E-state index is 12.9. The third kappa shape index (κ3) is 4.44. The van der Waals surface area contributed by atoms with Gasteiger partial charge < -0.3 is 15.5 Å². The maximum Gasteiger partial charge on any atom is 0.245 e. The van der Waals surface area contributed by atoms with Crippen molar-refractivity contribution < 1.29 is 18.0 Å². The first-order valence-corrected chi connectivity index (χ1v) is 12.1. The summed E-state index contributed by atoms with van der Waals surface area (Å²) < 4.78 is 28.3. The molecule has 8 nitrogen and oxygen atoms in total. The molecule has 0 radical (unpaired) electrons. The summed E-state index contributed by atoms with van der Waals surface area (Å²) in [7, 11) is -3.87. The van der Waals surface area contributed by atoms with E-state index in [0.29, 0.717) is 26.1 Å². The lowest BCUT2D eigenvalue weighted by Crippen LogP contribution is -2.54. The number of likely N-dealkylation sites (tertiary alicyclic amines) is 2. The Bertz CT molecular complexity index is 1100. The molecule has 2 aliphatic rings. The number of carbonyl (C=O) groups excluding carboxylic acids is 2. The van der Waals surface area contributed by atoms with Crippen molar-refractivity contribution >= 4 is 32.6 Å². The summed E-state index contributed by atoms with van der Waals surface area (Å²) >= 11 is 0. The molecule has 3 atom stereocenters. The van der Waals surface area contributed by atoms with Crippen LogP contribution in [0.1, 0.15) is 26.2 Å². The number of piperidine rings is 1. The van der Waals surface area contributed by atoms with E-state index in [9.17, 15) is 18.0 Å². The van der Waals surface area contributed by atoms with Gasteiger partial charge in [0, 0.05) is 25.7 Å². The molecular formula is C22H28N4O4S. The van der Waals surface area contributed by atoms with Crippen molar-refractivity contribution in [1.82, 2.24) is 14.5 Å². The fourth-order valence-electron chi connectivity index (χ4n) is 4.39. The average molecular weight is 445 g/mol. The van der Waals surface area contributed by atoms with Crippen LogP contribution >= 0.6 is 0 Å². The van der Waals surface area contributed by atoms with E-state index in [0.717, 1.165) is 23.6 Å². The minimum atomic E-state index is -3.87. The number of benzene rings is 2. The van der Waals surface area contributed by atoms with E-state index < -0.39 is 22.1 Å². The number of hydrogen-bond acceptors (Lipinski definition) is 5. The zero-order valence-corrected chi connectivity index (χ0v) is 18.3. The van der Waals surface area contributed by atoms with Crippen molar-refractivity contribution in [2.24, 2.45) is 5.73 Å². The third-order valence-corrected chi connectivity index (χ3v) is 7.63. The van der Waals surface area contributed by atoms with Gasteiger partial charge in [0.25, 0.3) is 0 Å². The number of nitrogens with two attached hydrogens (primary N) is 1. The van der Waals surface area contributed by atoms with Gasteiger partial charge in [-0.1, -0.05) is 30.3 Å². The number of fused-ring (bicyclic) bond motifs is 1. The lowest BCUT2D eigenvalue weighted by atomic mass is 10.1. The summed E-state index contributed by atoms with van der Waals surface area (Å²) in [5.74, 6) is -0.506. The van der Waals surface area contributed by atoms with E-state index in [1.54, 1.807) is 24.0 Å².